The van der Waals surface area contributed by atoms with Crippen molar-refractivity contribution >= 4 is 29.1 Å². The Kier molecular flexibility index (Phi) is 5.39. The van der Waals surface area contributed by atoms with Crippen LogP contribution in [0.3, 0.4) is 0 Å². The first-order valence-electron chi connectivity index (χ1n) is 7.92. The third-order valence-corrected chi connectivity index (χ3v) is 4.90. The molecule has 24 heavy (non-hydrogen) atoms. The number of hydrogen-bond acceptors (Lipinski definition) is 3. The number of hydrogen-bond donors (Lipinski definition) is 2. The molecule has 126 valence electrons. The molecule has 1 saturated heterocycles. The number of benzene rings is 1. The minimum Gasteiger partial charge on any atom is -0.349 e. The summed E-state index contributed by atoms with van der Waals surface area (Å²) in [6.07, 6.45) is 1.75. The highest BCUT2D eigenvalue weighted by atomic mass is 35.5. The van der Waals surface area contributed by atoms with E-state index < -0.39 is 0 Å². The van der Waals surface area contributed by atoms with E-state index in [4.69, 9.17) is 23.2 Å². The zero-order chi connectivity index (χ0) is 17.1. The summed E-state index contributed by atoms with van der Waals surface area (Å²) in [5.41, 5.74) is 2.02. The van der Waals surface area contributed by atoms with Gasteiger partial charge in [-0.25, -0.2) is 4.98 Å². The number of pyridine rings is 1. The molecule has 3 rings (SSSR count). The van der Waals surface area contributed by atoms with E-state index in [1.165, 1.54) is 0 Å². The van der Waals surface area contributed by atoms with Crippen LogP contribution in [-0.2, 0) is 4.79 Å². The molecule has 1 aromatic heterocycles. The largest absolute Gasteiger partial charge is 0.349 e. The van der Waals surface area contributed by atoms with Gasteiger partial charge in [0.1, 0.15) is 5.15 Å². The maximum Gasteiger partial charge on any atom is 0.225 e. The van der Waals surface area contributed by atoms with E-state index in [2.05, 4.69) is 15.6 Å². The summed E-state index contributed by atoms with van der Waals surface area (Å²) in [6, 6.07) is 11.2. The monoisotopic (exact) mass is 363 g/mol. The van der Waals surface area contributed by atoms with Crippen LogP contribution < -0.4 is 10.6 Å². The number of amides is 1. The molecular formula is C18H19Cl2N3O. The summed E-state index contributed by atoms with van der Waals surface area (Å²) < 4.78 is 0. The third kappa shape index (κ3) is 3.89. The van der Waals surface area contributed by atoms with Crippen LogP contribution in [0.1, 0.15) is 30.0 Å². The number of aromatic nitrogens is 1. The molecule has 1 fully saturated rings. The minimum absolute atomic E-state index is 0.0347. The molecule has 0 spiro atoms. The quantitative estimate of drug-likeness (QED) is 0.816. The second kappa shape index (κ2) is 7.51. The Morgan fingerprint density at radius 3 is 2.83 bits per heavy atom. The molecule has 0 saturated carbocycles. The lowest BCUT2D eigenvalue weighted by molar-refractivity contribution is -0.125. The molecule has 0 aliphatic carbocycles. The van der Waals surface area contributed by atoms with Gasteiger partial charge in [-0.05, 0) is 36.2 Å². The zero-order valence-corrected chi connectivity index (χ0v) is 14.8. The highest BCUT2D eigenvalue weighted by molar-refractivity contribution is 6.30. The van der Waals surface area contributed by atoms with Gasteiger partial charge in [0.15, 0.2) is 0 Å². The van der Waals surface area contributed by atoms with Crippen molar-refractivity contribution in [3.05, 3.63) is 63.9 Å². The van der Waals surface area contributed by atoms with Crippen LogP contribution in [0.5, 0.6) is 0 Å². The number of halogens is 2. The predicted molar refractivity (Wildman–Crippen MR) is 96.4 cm³/mol. The topological polar surface area (TPSA) is 54.0 Å². The van der Waals surface area contributed by atoms with Crippen molar-refractivity contribution in [2.45, 2.75) is 18.9 Å². The average Bonchev–Trinajstić information content (AvgIpc) is 3.05. The Morgan fingerprint density at radius 1 is 1.29 bits per heavy atom. The van der Waals surface area contributed by atoms with Gasteiger partial charge in [0, 0.05) is 30.2 Å². The van der Waals surface area contributed by atoms with Gasteiger partial charge in [-0.3, -0.25) is 4.79 Å². The molecule has 1 aromatic carbocycles. The van der Waals surface area contributed by atoms with E-state index in [-0.39, 0.29) is 23.8 Å². The first kappa shape index (κ1) is 17.2. The lowest BCUT2D eigenvalue weighted by atomic mass is 9.89. The molecule has 6 heteroatoms. The zero-order valence-electron chi connectivity index (χ0n) is 13.3. The van der Waals surface area contributed by atoms with Crippen molar-refractivity contribution in [3.8, 4) is 0 Å². The number of nitrogens with zero attached hydrogens (tertiary/aromatic N) is 1. The lowest BCUT2D eigenvalue weighted by Gasteiger charge is -2.21. The van der Waals surface area contributed by atoms with Gasteiger partial charge in [0.05, 0.1) is 12.0 Å². The predicted octanol–water partition coefficient (Wildman–Crippen LogP) is 3.57. The smallest absolute Gasteiger partial charge is 0.225 e. The molecule has 3 atom stereocenters. The van der Waals surface area contributed by atoms with Crippen molar-refractivity contribution in [2.75, 3.05) is 13.1 Å². The number of carbonyl (C=O) groups excluding carboxylic acids is 1. The first-order chi connectivity index (χ1) is 11.5. The number of nitrogens with one attached hydrogen (secondary N) is 2. The van der Waals surface area contributed by atoms with Gasteiger partial charge in [-0.1, -0.05) is 41.4 Å². The lowest BCUT2D eigenvalue weighted by Crippen LogP contribution is -2.36. The molecule has 0 unspecified atom stereocenters. The maximum atomic E-state index is 12.7. The molecule has 2 aromatic rings. The Bertz CT molecular complexity index is 720. The summed E-state index contributed by atoms with van der Waals surface area (Å²) >= 11 is 11.9. The molecule has 4 nitrogen and oxygen atoms in total. The van der Waals surface area contributed by atoms with Crippen LogP contribution in [0.4, 0.5) is 0 Å². The normalized spacial score (nSPS) is 21.5. The molecular weight excluding hydrogens is 345 g/mol. The van der Waals surface area contributed by atoms with Crippen LogP contribution in [0.2, 0.25) is 10.2 Å². The second-order valence-electron chi connectivity index (χ2n) is 6.07. The highest BCUT2D eigenvalue weighted by Gasteiger charge is 2.34. The Morgan fingerprint density at radius 2 is 2.12 bits per heavy atom. The molecule has 2 N–H and O–H groups in total. The Hall–Kier alpha value is -1.62. The molecule has 0 bridgehead atoms. The summed E-state index contributed by atoms with van der Waals surface area (Å²) in [5.74, 6) is 0.00311. The number of rotatable bonds is 4. The molecule has 1 aliphatic rings. The Labute approximate surface area is 151 Å². The van der Waals surface area contributed by atoms with Crippen molar-refractivity contribution in [1.29, 1.82) is 0 Å². The Balaban J connectivity index is 1.70. The average molecular weight is 364 g/mol. The fourth-order valence-electron chi connectivity index (χ4n) is 3.09. The first-order valence-corrected chi connectivity index (χ1v) is 8.68. The molecule has 0 radical (unpaired) electrons. The molecule has 1 aliphatic heterocycles. The van der Waals surface area contributed by atoms with Crippen molar-refractivity contribution in [2.24, 2.45) is 5.92 Å². The maximum absolute atomic E-state index is 12.7. The summed E-state index contributed by atoms with van der Waals surface area (Å²) in [5, 5.41) is 7.51. The van der Waals surface area contributed by atoms with E-state index in [0.29, 0.717) is 16.7 Å². The number of carbonyl (C=O) groups is 1. The van der Waals surface area contributed by atoms with Gasteiger partial charge >= 0.3 is 0 Å². The van der Waals surface area contributed by atoms with Gasteiger partial charge in [0.2, 0.25) is 5.91 Å². The van der Waals surface area contributed by atoms with E-state index in [0.717, 1.165) is 17.7 Å². The van der Waals surface area contributed by atoms with E-state index >= 15 is 0 Å². The fourth-order valence-corrected chi connectivity index (χ4v) is 3.40. The van der Waals surface area contributed by atoms with Crippen LogP contribution in [-0.4, -0.2) is 24.0 Å². The summed E-state index contributed by atoms with van der Waals surface area (Å²) in [7, 11) is 0. The van der Waals surface area contributed by atoms with E-state index in [1.807, 2.05) is 37.3 Å². The van der Waals surface area contributed by atoms with Crippen LogP contribution in [0.15, 0.2) is 42.6 Å². The summed E-state index contributed by atoms with van der Waals surface area (Å²) in [4.78, 5) is 16.9. The third-order valence-electron chi connectivity index (χ3n) is 4.44. The van der Waals surface area contributed by atoms with Crippen molar-refractivity contribution < 1.29 is 4.79 Å². The van der Waals surface area contributed by atoms with Crippen LogP contribution in [0, 0.1) is 5.92 Å². The van der Waals surface area contributed by atoms with E-state index in [9.17, 15) is 4.79 Å². The van der Waals surface area contributed by atoms with Gasteiger partial charge < -0.3 is 10.6 Å². The van der Waals surface area contributed by atoms with Gasteiger partial charge in [-0.15, -0.1) is 0 Å². The molecule has 1 amide bonds. The van der Waals surface area contributed by atoms with Gasteiger partial charge in [0.25, 0.3) is 0 Å². The van der Waals surface area contributed by atoms with Crippen molar-refractivity contribution in [3.63, 3.8) is 0 Å². The summed E-state index contributed by atoms with van der Waals surface area (Å²) in [6.45, 7) is 3.37. The fraction of sp³-hybridized carbons (Fsp3) is 0.333. The SMILES string of the molecule is C[C@H](NC(=O)[C@@H]1CNC[C@H]1c1ccc(Cl)nc1)c1cccc(Cl)c1. The second-order valence-corrected chi connectivity index (χ2v) is 6.89. The highest BCUT2D eigenvalue weighted by Crippen LogP contribution is 2.29. The van der Waals surface area contributed by atoms with Gasteiger partial charge in [-0.2, -0.15) is 0 Å². The van der Waals surface area contributed by atoms with Crippen LogP contribution >= 0.6 is 23.2 Å². The molecule has 2 heterocycles. The van der Waals surface area contributed by atoms with E-state index in [1.54, 1.807) is 12.3 Å². The van der Waals surface area contributed by atoms with Crippen molar-refractivity contribution in [1.82, 2.24) is 15.6 Å². The van der Waals surface area contributed by atoms with Crippen LogP contribution in [0.25, 0.3) is 0 Å². The minimum atomic E-state index is -0.130. The standard InChI is InChI=1S/C18H19Cl2N3O/c1-11(12-3-2-4-14(19)7-12)23-18(24)16-10-21-9-15(16)13-5-6-17(20)22-8-13/h2-8,11,15-16,21H,9-10H2,1H3,(H,23,24)/t11-,15-,16+/m0/s1.